The van der Waals surface area contributed by atoms with Crippen LogP contribution in [0.3, 0.4) is 0 Å². The Kier molecular flexibility index (Phi) is 5.24. The van der Waals surface area contributed by atoms with E-state index in [1.807, 2.05) is 36.4 Å². The van der Waals surface area contributed by atoms with E-state index >= 15 is 0 Å². The maximum atomic E-state index is 12.9. The summed E-state index contributed by atoms with van der Waals surface area (Å²) in [5, 5.41) is 12.6. The van der Waals surface area contributed by atoms with Gasteiger partial charge < -0.3 is 4.74 Å². The Balaban J connectivity index is 1.71. The lowest BCUT2D eigenvalue weighted by molar-refractivity contribution is -0.385. The van der Waals surface area contributed by atoms with Gasteiger partial charge in [-0.05, 0) is 34.7 Å². The standard InChI is InChI=1S/C22H16N2O5S/c1-29-19-11-10-14-6-2-4-8-16(14)17(19)12-20-21(25)23(22(26)30-20)13-15-7-3-5-9-18(15)24(27)28/h2-12H,13H2,1H3/b20-12+. The number of methoxy groups -OCH3 is 1. The number of fused-ring (bicyclic) bond motifs is 1. The second-order valence-electron chi connectivity index (χ2n) is 6.56. The zero-order valence-electron chi connectivity index (χ0n) is 15.9. The van der Waals surface area contributed by atoms with Gasteiger partial charge in [0.1, 0.15) is 5.75 Å². The smallest absolute Gasteiger partial charge is 0.293 e. The molecule has 0 bridgehead atoms. The Hall–Kier alpha value is -3.65. The van der Waals surface area contributed by atoms with Crippen LogP contribution in [0.1, 0.15) is 11.1 Å². The van der Waals surface area contributed by atoms with E-state index in [2.05, 4.69) is 0 Å². The van der Waals surface area contributed by atoms with E-state index < -0.39 is 16.1 Å². The van der Waals surface area contributed by atoms with Crippen LogP contribution >= 0.6 is 11.8 Å². The van der Waals surface area contributed by atoms with Crippen molar-refractivity contribution in [2.24, 2.45) is 0 Å². The summed E-state index contributed by atoms with van der Waals surface area (Å²) in [5.41, 5.74) is 0.872. The number of imide groups is 1. The molecule has 0 atom stereocenters. The van der Waals surface area contributed by atoms with Crippen molar-refractivity contribution in [2.45, 2.75) is 6.54 Å². The summed E-state index contributed by atoms with van der Waals surface area (Å²) in [6.45, 7) is -0.161. The molecule has 7 nitrogen and oxygen atoms in total. The van der Waals surface area contributed by atoms with Crippen molar-refractivity contribution in [1.82, 2.24) is 4.90 Å². The Labute approximate surface area is 176 Å². The average Bonchev–Trinajstić information content (AvgIpc) is 3.01. The molecule has 1 aliphatic rings. The monoisotopic (exact) mass is 420 g/mol. The van der Waals surface area contributed by atoms with Gasteiger partial charge in [0.15, 0.2) is 0 Å². The van der Waals surface area contributed by atoms with Crippen LogP contribution in [0, 0.1) is 10.1 Å². The highest BCUT2D eigenvalue weighted by molar-refractivity contribution is 8.18. The van der Waals surface area contributed by atoms with E-state index in [0.29, 0.717) is 16.9 Å². The molecular weight excluding hydrogens is 404 g/mol. The van der Waals surface area contributed by atoms with Crippen LogP contribution in [0.2, 0.25) is 0 Å². The van der Waals surface area contributed by atoms with Gasteiger partial charge in [-0.1, -0.05) is 48.5 Å². The molecule has 8 heteroatoms. The van der Waals surface area contributed by atoms with E-state index in [9.17, 15) is 19.7 Å². The van der Waals surface area contributed by atoms with Crippen molar-refractivity contribution in [1.29, 1.82) is 0 Å². The van der Waals surface area contributed by atoms with Crippen LogP contribution in [0.15, 0.2) is 65.6 Å². The number of benzene rings is 3. The zero-order valence-corrected chi connectivity index (χ0v) is 16.7. The third-order valence-electron chi connectivity index (χ3n) is 4.82. The van der Waals surface area contributed by atoms with Crippen LogP contribution in [-0.2, 0) is 11.3 Å². The summed E-state index contributed by atoms with van der Waals surface area (Å²) in [6.07, 6.45) is 1.64. The number of nitrogens with zero attached hydrogens (tertiary/aromatic N) is 2. The summed E-state index contributed by atoms with van der Waals surface area (Å²) < 4.78 is 5.45. The van der Waals surface area contributed by atoms with Crippen LogP contribution in [0.25, 0.3) is 16.8 Å². The first-order valence-corrected chi connectivity index (χ1v) is 9.84. The minimum atomic E-state index is -0.523. The Morgan fingerprint density at radius 1 is 1.07 bits per heavy atom. The lowest BCUT2D eigenvalue weighted by Crippen LogP contribution is -2.27. The molecule has 3 aromatic carbocycles. The number of amides is 2. The van der Waals surface area contributed by atoms with E-state index in [1.165, 1.54) is 6.07 Å². The number of hydrogen-bond donors (Lipinski definition) is 0. The van der Waals surface area contributed by atoms with Gasteiger partial charge >= 0.3 is 0 Å². The van der Waals surface area contributed by atoms with Crippen LogP contribution in [0.4, 0.5) is 10.5 Å². The highest BCUT2D eigenvalue weighted by Gasteiger charge is 2.36. The molecule has 1 saturated heterocycles. The van der Waals surface area contributed by atoms with Crippen molar-refractivity contribution in [3.05, 3.63) is 86.8 Å². The lowest BCUT2D eigenvalue weighted by Gasteiger charge is -2.12. The fraction of sp³-hybridized carbons (Fsp3) is 0.0909. The molecule has 0 unspecified atom stereocenters. The molecule has 0 aliphatic carbocycles. The number of hydrogen-bond acceptors (Lipinski definition) is 6. The van der Waals surface area contributed by atoms with E-state index in [1.54, 1.807) is 31.4 Å². The van der Waals surface area contributed by atoms with Crippen LogP contribution in [0.5, 0.6) is 5.75 Å². The first-order valence-electron chi connectivity index (χ1n) is 9.03. The summed E-state index contributed by atoms with van der Waals surface area (Å²) in [7, 11) is 1.54. The Morgan fingerprint density at radius 2 is 1.80 bits per heavy atom. The number of ether oxygens (including phenoxy) is 1. The number of nitro benzene ring substituents is 1. The van der Waals surface area contributed by atoms with Crippen molar-refractivity contribution in [2.75, 3.05) is 7.11 Å². The fourth-order valence-electron chi connectivity index (χ4n) is 3.36. The Morgan fingerprint density at radius 3 is 2.57 bits per heavy atom. The number of nitro groups is 1. The van der Waals surface area contributed by atoms with Gasteiger partial charge in [-0.15, -0.1) is 0 Å². The molecule has 3 aromatic rings. The van der Waals surface area contributed by atoms with Gasteiger partial charge in [0.25, 0.3) is 16.8 Å². The topological polar surface area (TPSA) is 89.8 Å². The van der Waals surface area contributed by atoms with Crippen molar-refractivity contribution >= 4 is 45.4 Å². The first-order chi connectivity index (χ1) is 14.5. The zero-order chi connectivity index (χ0) is 21.3. The van der Waals surface area contributed by atoms with Crippen LogP contribution in [-0.4, -0.2) is 28.1 Å². The third kappa shape index (κ3) is 3.53. The molecule has 0 spiro atoms. The summed E-state index contributed by atoms with van der Waals surface area (Å²) >= 11 is 0.811. The molecule has 0 N–H and O–H groups in total. The number of rotatable bonds is 5. The normalized spacial score (nSPS) is 15.2. The second-order valence-corrected chi connectivity index (χ2v) is 7.55. The van der Waals surface area contributed by atoms with E-state index in [0.717, 1.165) is 27.4 Å². The quantitative estimate of drug-likeness (QED) is 0.328. The third-order valence-corrected chi connectivity index (χ3v) is 5.72. The highest BCUT2D eigenvalue weighted by atomic mass is 32.2. The van der Waals surface area contributed by atoms with Gasteiger partial charge in [0.05, 0.1) is 23.5 Å². The van der Waals surface area contributed by atoms with E-state index in [-0.39, 0.29) is 17.1 Å². The van der Waals surface area contributed by atoms with E-state index in [4.69, 9.17) is 4.74 Å². The maximum Gasteiger partial charge on any atom is 0.293 e. The maximum absolute atomic E-state index is 12.9. The number of para-hydroxylation sites is 1. The van der Waals surface area contributed by atoms with Crippen molar-refractivity contribution < 1.29 is 19.2 Å². The summed E-state index contributed by atoms with van der Waals surface area (Å²) in [5.74, 6) is 0.0948. The van der Waals surface area contributed by atoms with Gasteiger partial charge in [-0.2, -0.15) is 0 Å². The second kappa shape index (κ2) is 8.00. The predicted molar refractivity (Wildman–Crippen MR) is 115 cm³/mol. The molecule has 30 heavy (non-hydrogen) atoms. The molecule has 1 fully saturated rings. The molecular formula is C22H16N2O5S. The molecule has 1 aliphatic heterocycles. The minimum absolute atomic E-state index is 0.128. The first kappa shape index (κ1) is 19.7. The number of carbonyl (C=O) groups excluding carboxylic acids is 2. The average molecular weight is 420 g/mol. The van der Waals surface area contributed by atoms with Gasteiger partial charge in [-0.3, -0.25) is 24.6 Å². The SMILES string of the molecule is COc1ccc2ccccc2c1/C=C1/SC(=O)N(Cc2ccccc2[N+](=O)[O-])C1=O. The largest absolute Gasteiger partial charge is 0.496 e. The van der Waals surface area contributed by atoms with Crippen LogP contribution < -0.4 is 4.74 Å². The van der Waals surface area contributed by atoms with Gasteiger partial charge in [0.2, 0.25) is 0 Å². The highest BCUT2D eigenvalue weighted by Crippen LogP contribution is 2.37. The molecule has 2 amide bonds. The van der Waals surface area contributed by atoms with Crippen molar-refractivity contribution in [3.8, 4) is 5.75 Å². The van der Waals surface area contributed by atoms with Crippen molar-refractivity contribution in [3.63, 3.8) is 0 Å². The lowest BCUT2D eigenvalue weighted by atomic mass is 10.0. The number of thioether (sulfide) groups is 1. The molecule has 150 valence electrons. The number of carbonyl (C=O) groups is 2. The molecule has 4 rings (SSSR count). The Bertz CT molecular complexity index is 1220. The fourth-order valence-corrected chi connectivity index (χ4v) is 4.18. The van der Waals surface area contributed by atoms with Gasteiger partial charge in [0, 0.05) is 17.2 Å². The molecule has 0 radical (unpaired) electrons. The summed E-state index contributed by atoms with van der Waals surface area (Å²) in [4.78, 5) is 37.5. The predicted octanol–water partition coefficient (Wildman–Crippen LogP) is 4.99. The molecule has 1 heterocycles. The minimum Gasteiger partial charge on any atom is -0.496 e. The van der Waals surface area contributed by atoms with Gasteiger partial charge in [-0.25, -0.2) is 0 Å². The summed E-state index contributed by atoms with van der Waals surface area (Å²) in [6, 6.07) is 17.5. The molecule has 0 aromatic heterocycles. The molecule has 0 saturated carbocycles.